The summed E-state index contributed by atoms with van der Waals surface area (Å²) >= 11 is 0. The van der Waals surface area contributed by atoms with Crippen LogP contribution in [0.25, 0.3) is 0 Å². The smallest absolute Gasteiger partial charge is 0.235 e. The van der Waals surface area contributed by atoms with E-state index in [9.17, 15) is 8.42 Å². The van der Waals surface area contributed by atoms with Gasteiger partial charge in [0.15, 0.2) is 0 Å². The molecule has 1 aliphatic carbocycles. The van der Waals surface area contributed by atoms with Crippen molar-refractivity contribution in [2.75, 3.05) is 0 Å². The van der Waals surface area contributed by atoms with E-state index in [1.165, 1.54) is 0 Å². The highest BCUT2D eigenvalue weighted by Gasteiger charge is 2.29. The standard InChI is InChI=1S/C6H11ClO3S/c7-11(9,10)6-3-1-2-5(8)4-6/h5-6,8H,1-4H2. The topological polar surface area (TPSA) is 54.4 Å². The number of halogens is 1. The minimum absolute atomic E-state index is 0.297. The van der Waals surface area contributed by atoms with Gasteiger partial charge in [-0.1, -0.05) is 0 Å². The molecule has 0 amide bonds. The van der Waals surface area contributed by atoms with Gasteiger partial charge in [-0.3, -0.25) is 0 Å². The Kier molecular flexibility index (Phi) is 2.78. The molecule has 1 saturated carbocycles. The maximum absolute atomic E-state index is 10.8. The lowest BCUT2D eigenvalue weighted by molar-refractivity contribution is 0.132. The normalized spacial score (nSPS) is 33.6. The average molecular weight is 199 g/mol. The quantitative estimate of drug-likeness (QED) is 0.636. The predicted octanol–water partition coefficient (Wildman–Crippen LogP) is 0.859. The fourth-order valence-corrected chi connectivity index (χ4v) is 2.76. The lowest BCUT2D eigenvalue weighted by atomic mass is 9.97. The third kappa shape index (κ3) is 2.61. The molecule has 0 aromatic rings. The molecule has 0 heterocycles. The number of aliphatic hydroxyl groups is 1. The third-order valence-corrected chi connectivity index (χ3v) is 3.98. The van der Waals surface area contributed by atoms with Crippen LogP contribution in [0.5, 0.6) is 0 Å². The molecule has 1 rings (SSSR count). The highest BCUT2D eigenvalue weighted by molar-refractivity contribution is 8.14. The molecule has 11 heavy (non-hydrogen) atoms. The predicted molar refractivity (Wildman–Crippen MR) is 43.0 cm³/mol. The Balaban J connectivity index is 2.60. The first-order chi connectivity index (χ1) is 5.00. The summed E-state index contributed by atoms with van der Waals surface area (Å²) in [5.74, 6) is 0. The molecule has 1 N–H and O–H groups in total. The summed E-state index contributed by atoms with van der Waals surface area (Å²) in [6, 6.07) is 0. The molecule has 0 saturated heterocycles. The Hall–Kier alpha value is 0.200. The lowest BCUT2D eigenvalue weighted by Crippen LogP contribution is -2.27. The van der Waals surface area contributed by atoms with Gasteiger partial charge in [-0.2, -0.15) is 0 Å². The molecule has 0 spiro atoms. The van der Waals surface area contributed by atoms with Gasteiger partial charge in [-0.25, -0.2) is 8.42 Å². The summed E-state index contributed by atoms with van der Waals surface area (Å²) in [6.07, 6.45) is 1.84. The zero-order valence-corrected chi connectivity index (χ0v) is 7.61. The van der Waals surface area contributed by atoms with E-state index in [4.69, 9.17) is 15.8 Å². The van der Waals surface area contributed by atoms with E-state index >= 15 is 0 Å². The summed E-state index contributed by atoms with van der Waals surface area (Å²) in [5, 5.41) is 8.59. The third-order valence-electron chi connectivity index (χ3n) is 2.00. The Morgan fingerprint density at radius 3 is 2.36 bits per heavy atom. The van der Waals surface area contributed by atoms with Crippen LogP contribution in [0.1, 0.15) is 25.7 Å². The molecule has 2 unspecified atom stereocenters. The average Bonchev–Trinajstić information content (AvgIpc) is 1.86. The zero-order valence-electron chi connectivity index (χ0n) is 6.03. The van der Waals surface area contributed by atoms with Crippen molar-refractivity contribution < 1.29 is 13.5 Å². The van der Waals surface area contributed by atoms with Crippen LogP contribution in [-0.2, 0) is 9.05 Å². The van der Waals surface area contributed by atoms with Gasteiger partial charge in [0.05, 0.1) is 11.4 Å². The van der Waals surface area contributed by atoms with E-state index < -0.39 is 20.4 Å². The Morgan fingerprint density at radius 1 is 1.36 bits per heavy atom. The minimum atomic E-state index is -3.45. The largest absolute Gasteiger partial charge is 0.393 e. The Bertz CT molecular complexity index is 224. The maximum atomic E-state index is 10.8. The van der Waals surface area contributed by atoms with E-state index in [0.29, 0.717) is 19.3 Å². The van der Waals surface area contributed by atoms with Crippen LogP contribution in [-0.4, -0.2) is 24.9 Å². The van der Waals surface area contributed by atoms with Gasteiger partial charge in [-0.15, -0.1) is 0 Å². The summed E-state index contributed by atoms with van der Waals surface area (Å²) < 4.78 is 21.6. The highest BCUT2D eigenvalue weighted by atomic mass is 35.7. The first kappa shape index (κ1) is 9.29. The van der Waals surface area contributed by atoms with E-state index in [2.05, 4.69) is 0 Å². The molecule has 1 aliphatic rings. The number of hydrogen-bond donors (Lipinski definition) is 1. The molecule has 0 aliphatic heterocycles. The van der Waals surface area contributed by atoms with E-state index in [-0.39, 0.29) is 0 Å². The summed E-state index contributed by atoms with van der Waals surface area (Å²) in [7, 11) is 1.69. The van der Waals surface area contributed by atoms with Crippen LogP contribution in [0, 0.1) is 0 Å². The zero-order chi connectivity index (χ0) is 8.48. The molecule has 3 nitrogen and oxygen atoms in total. The molecule has 1 fully saturated rings. The van der Waals surface area contributed by atoms with Gasteiger partial charge in [0.1, 0.15) is 0 Å². The van der Waals surface area contributed by atoms with Crippen molar-refractivity contribution in [2.45, 2.75) is 37.0 Å². The fourth-order valence-electron chi connectivity index (χ4n) is 1.38. The summed E-state index contributed by atoms with van der Waals surface area (Å²) in [6.45, 7) is 0. The van der Waals surface area contributed by atoms with E-state index in [0.717, 1.165) is 6.42 Å². The van der Waals surface area contributed by atoms with Gasteiger partial charge in [0.25, 0.3) is 0 Å². The molecule has 0 bridgehead atoms. The highest BCUT2D eigenvalue weighted by Crippen LogP contribution is 2.26. The van der Waals surface area contributed by atoms with Crippen molar-refractivity contribution >= 4 is 19.7 Å². The molecular formula is C6H11ClO3S. The van der Waals surface area contributed by atoms with Crippen molar-refractivity contribution in [1.29, 1.82) is 0 Å². The maximum Gasteiger partial charge on any atom is 0.235 e. The van der Waals surface area contributed by atoms with Gasteiger partial charge in [-0.05, 0) is 25.7 Å². The van der Waals surface area contributed by atoms with Gasteiger partial charge < -0.3 is 5.11 Å². The minimum Gasteiger partial charge on any atom is -0.393 e. The van der Waals surface area contributed by atoms with Gasteiger partial charge in [0, 0.05) is 10.7 Å². The van der Waals surface area contributed by atoms with Crippen molar-refractivity contribution in [3.05, 3.63) is 0 Å². The van der Waals surface area contributed by atoms with E-state index in [1.807, 2.05) is 0 Å². The Morgan fingerprint density at radius 2 is 2.00 bits per heavy atom. The second kappa shape index (κ2) is 3.29. The molecule has 5 heteroatoms. The van der Waals surface area contributed by atoms with Crippen LogP contribution in [0.4, 0.5) is 0 Å². The number of rotatable bonds is 1. The van der Waals surface area contributed by atoms with Crippen molar-refractivity contribution in [3.8, 4) is 0 Å². The number of aliphatic hydroxyl groups excluding tert-OH is 1. The van der Waals surface area contributed by atoms with Crippen LogP contribution in [0.15, 0.2) is 0 Å². The SMILES string of the molecule is O=S(=O)(Cl)C1CCCC(O)C1. The van der Waals surface area contributed by atoms with Crippen LogP contribution >= 0.6 is 10.7 Å². The van der Waals surface area contributed by atoms with Gasteiger partial charge in [0.2, 0.25) is 9.05 Å². The second-order valence-electron chi connectivity index (χ2n) is 2.92. The van der Waals surface area contributed by atoms with Crippen molar-refractivity contribution in [3.63, 3.8) is 0 Å². The van der Waals surface area contributed by atoms with Crippen LogP contribution < -0.4 is 0 Å². The van der Waals surface area contributed by atoms with Crippen LogP contribution in [0.2, 0.25) is 0 Å². The summed E-state index contributed by atoms with van der Waals surface area (Å²) in [4.78, 5) is 0. The lowest BCUT2D eigenvalue weighted by Gasteiger charge is -2.22. The van der Waals surface area contributed by atoms with Gasteiger partial charge >= 0.3 is 0 Å². The van der Waals surface area contributed by atoms with Crippen LogP contribution in [0.3, 0.4) is 0 Å². The molecule has 0 radical (unpaired) electrons. The first-order valence-electron chi connectivity index (χ1n) is 3.61. The monoisotopic (exact) mass is 198 g/mol. The number of hydrogen-bond acceptors (Lipinski definition) is 3. The molecule has 0 aromatic carbocycles. The molecule has 0 aromatic heterocycles. The van der Waals surface area contributed by atoms with Crippen molar-refractivity contribution in [1.82, 2.24) is 0 Å². The Labute approximate surface area is 70.8 Å². The van der Waals surface area contributed by atoms with E-state index in [1.54, 1.807) is 0 Å². The molecule has 66 valence electrons. The molecular weight excluding hydrogens is 188 g/mol. The second-order valence-corrected chi connectivity index (χ2v) is 5.83. The molecule has 2 atom stereocenters. The van der Waals surface area contributed by atoms with Crippen molar-refractivity contribution in [2.24, 2.45) is 0 Å². The summed E-state index contributed by atoms with van der Waals surface area (Å²) in [5.41, 5.74) is 0. The first-order valence-corrected chi connectivity index (χ1v) is 5.99. The fraction of sp³-hybridized carbons (Fsp3) is 1.00.